The van der Waals surface area contributed by atoms with E-state index in [4.69, 9.17) is 4.74 Å². The van der Waals surface area contributed by atoms with Gasteiger partial charge in [-0.05, 0) is 49.6 Å². The maximum atomic E-state index is 10.2. The molecule has 1 N–H and O–H groups in total. The fraction of sp³-hybridized carbons (Fsp3) is 0.182. The van der Waals surface area contributed by atoms with Crippen molar-refractivity contribution in [1.82, 2.24) is 4.98 Å². The Morgan fingerprint density at radius 1 is 1.41 bits per heavy atom. The Bertz CT molecular complexity index is 530. The van der Waals surface area contributed by atoms with Crippen LogP contribution in [0.2, 0.25) is 0 Å². The van der Waals surface area contributed by atoms with Crippen LogP contribution in [0.1, 0.15) is 16.7 Å². The van der Waals surface area contributed by atoms with Crippen LogP contribution in [-0.2, 0) is 0 Å². The Balaban J connectivity index is 2.31. The van der Waals surface area contributed by atoms with Crippen molar-refractivity contribution < 1.29 is 9.84 Å². The molecule has 1 aromatic heterocycles. The van der Waals surface area contributed by atoms with E-state index in [1.165, 1.54) is 11.3 Å². The molecule has 0 spiro atoms. The summed E-state index contributed by atoms with van der Waals surface area (Å²) in [6, 6.07) is 5.47. The number of nitrogens with zero attached hydrogens (tertiary/aromatic N) is 1. The standard InChI is InChI=1S/C11H9Br2NO2S/c1-16-8-3-2-6(4-7(8)12)10(15)11-14-9(13)5-17-11/h2-5,10,15H,1H3. The molecule has 0 aliphatic rings. The van der Waals surface area contributed by atoms with Crippen LogP contribution in [0, 0.1) is 0 Å². The van der Waals surface area contributed by atoms with Crippen LogP contribution >= 0.6 is 43.2 Å². The molecule has 3 nitrogen and oxygen atoms in total. The summed E-state index contributed by atoms with van der Waals surface area (Å²) in [6.45, 7) is 0. The quantitative estimate of drug-likeness (QED) is 0.884. The van der Waals surface area contributed by atoms with Gasteiger partial charge in [-0.25, -0.2) is 4.98 Å². The van der Waals surface area contributed by atoms with Crippen LogP contribution in [0.5, 0.6) is 5.75 Å². The maximum Gasteiger partial charge on any atom is 0.133 e. The summed E-state index contributed by atoms with van der Waals surface area (Å²) in [5.74, 6) is 0.737. The van der Waals surface area contributed by atoms with Gasteiger partial charge in [-0.1, -0.05) is 6.07 Å². The van der Waals surface area contributed by atoms with Crippen molar-refractivity contribution in [2.24, 2.45) is 0 Å². The van der Waals surface area contributed by atoms with Gasteiger partial charge in [0.1, 0.15) is 21.5 Å². The van der Waals surface area contributed by atoms with Crippen LogP contribution in [0.4, 0.5) is 0 Å². The van der Waals surface area contributed by atoms with Gasteiger partial charge in [0, 0.05) is 5.38 Å². The zero-order valence-electron chi connectivity index (χ0n) is 8.85. The summed E-state index contributed by atoms with van der Waals surface area (Å²) in [6.07, 6.45) is -0.714. The molecule has 0 saturated carbocycles. The minimum atomic E-state index is -0.714. The molecule has 1 atom stereocenters. The third-order valence-corrected chi connectivity index (χ3v) is 4.45. The lowest BCUT2D eigenvalue weighted by atomic mass is 10.1. The summed E-state index contributed by atoms with van der Waals surface area (Å²) >= 11 is 8.07. The lowest BCUT2D eigenvalue weighted by Gasteiger charge is -2.10. The lowest BCUT2D eigenvalue weighted by molar-refractivity contribution is 0.219. The number of hydrogen-bond acceptors (Lipinski definition) is 4. The van der Waals surface area contributed by atoms with E-state index < -0.39 is 6.10 Å². The van der Waals surface area contributed by atoms with Gasteiger partial charge in [-0.15, -0.1) is 11.3 Å². The van der Waals surface area contributed by atoms with Crippen LogP contribution < -0.4 is 4.74 Å². The van der Waals surface area contributed by atoms with Crippen LogP contribution in [0.15, 0.2) is 32.7 Å². The predicted molar refractivity (Wildman–Crippen MR) is 74.6 cm³/mol. The SMILES string of the molecule is COc1ccc(C(O)c2nc(Br)cs2)cc1Br. The van der Waals surface area contributed by atoms with E-state index in [0.29, 0.717) is 5.01 Å². The van der Waals surface area contributed by atoms with E-state index >= 15 is 0 Å². The number of aliphatic hydroxyl groups is 1. The van der Waals surface area contributed by atoms with Crippen molar-refractivity contribution in [3.8, 4) is 5.75 Å². The van der Waals surface area contributed by atoms with Gasteiger partial charge in [0.15, 0.2) is 0 Å². The lowest BCUT2D eigenvalue weighted by Crippen LogP contribution is -1.99. The van der Waals surface area contributed by atoms with E-state index in [9.17, 15) is 5.11 Å². The van der Waals surface area contributed by atoms with Crippen LogP contribution in [0.25, 0.3) is 0 Å². The second-order valence-corrected chi connectivity index (χ2v) is 5.86. The first-order valence-electron chi connectivity index (χ1n) is 4.74. The molecule has 0 saturated heterocycles. The molecule has 6 heteroatoms. The highest BCUT2D eigenvalue weighted by Crippen LogP contribution is 2.32. The fourth-order valence-electron chi connectivity index (χ4n) is 1.39. The molecule has 17 heavy (non-hydrogen) atoms. The Morgan fingerprint density at radius 2 is 2.18 bits per heavy atom. The summed E-state index contributed by atoms with van der Waals surface area (Å²) < 4.78 is 6.69. The number of methoxy groups -OCH3 is 1. The monoisotopic (exact) mass is 377 g/mol. The molecular formula is C11H9Br2NO2S. The topological polar surface area (TPSA) is 42.4 Å². The van der Waals surface area contributed by atoms with E-state index in [-0.39, 0.29) is 0 Å². The first-order valence-corrected chi connectivity index (χ1v) is 7.21. The van der Waals surface area contributed by atoms with Crippen LogP contribution in [-0.4, -0.2) is 17.2 Å². The Labute approximate surface area is 120 Å². The minimum absolute atomic E-state index is 0.661. The number of hydrogen-bond donors (Lipinski definition) is 1. The summed E-state index contributed by atoms with van der Waals surface area (Å²) in [7, 11) is 1.61. The van der Waals surface area contributed by atoms with Gasteiger partial charge in [0.05, 0.1) is 11.6 Å². The van der Waals surface area contributed by atoms with Gasteiger partial charge < -0.3 is 9.84 Å². The molecule has 2 rings (SSSR count). The van der Waals surface area contributed by atoms with E-state index in [2.05, 4.69) is 36.8 Å². The first kappa shape index (κ1) is 13.0. The molecular weight excluding hydrogens is 370 g/mol. The number of ether oxygens (including phenoxy) is 1. The third-order valence-electron chi connectivity index (χ3n) is 2.22. The van der Waals surface area contributed by atoms with E-state index in [1.54, 1.807) is 7.11 Å². The molecule has 90 valence electrons. The van der Waals surface area contributed by atoms with Gasteiger partial charge in [-0.2, -0.15) is 0 Å². The molecule has 1 heterocycles. The average molecular weight is 379 g/mol. The van der Waals surface area contributed by atoms with Crippen molar-refractivity contribution >= 4 is 43.2 Å². The highest BCUT2D eigenvalue weighted by atomic mass is 79.9. The molecule has 0 fully saturated rings. The zero-order valence-corrected chi connectivity index (χ0v) is 12.8. The average Bonchev–Trinajstić information content (AvgIpc) is 2.75. The van der Waals surface area contributed by atoms with E-state index in [1.807, 2.05) is 23.6 Å². The molecule has 0 bridgehead atoms. The highest BCUT2D eigenvalue weighted by Gasteiger charge is 2.15. The van der Waals surface area contributed by atoms with Gasteiger partial charge >= 0.3 is 0 Å². The Hall–Kier alpha value is -0.430. The van der Waals surface area contributed by atoms with Crippen molar-refractivity contribution in [1.29, 1.82) is 0 Å². The number of aromatic nitrogens is 1. The van der Waals surface area contributed by atoms with Crippen molar-refractivity contribution in [2.45, 2.75) is 6.10 Å². The van der Waals surface area contributed by atoms with Crippen molar-refractivity contribution in [3.63, 3.8) is 0 Å². The highest BCUT2D eigenvalue weighted by molar-refractivity contribution is 9.10. The summed E-state index contributed by atoms with van der Waals surface area (Å²) in [5.41, 5.74) is 0.777. The minimum Gasteiger partial charge on any atom is -0.496 e. The smallest absolute Gasteiger partial charge is 0.133 e. The second-order valence-electron chi connectivity index (χ2n) is 3.30. The molecule has 1 unspecified atom stereocenters. The number of thiazole rings is 1. The Kier molecular flexibility index (Phi) is 4.19. The number of benzene rings is 1. The van der Waals surface area contributed by atoms with Gasteiger partial charge in [0.25, 0.3) is 0 Å². The van der Waals surface area contributed by atoms with Gasteiger partial charge in [0.2, 0.25) is 0 Å². The molecule has 0 radical (unpaired) electrons. The van der Waals surface area contributed by atoms with Gasteiger partial charge in [-0.3, -0.25) is 0 Å². The molecule has 1 aromatic carbocycles. The molecule has 0 aliphatic heterocycles. The van der Waals surface area contributed by atoms with Crippen molar-refractivity contribution in [3.05, 3.63) is 43.2 Å². The van der Waals surface area contributed by atoms with Crippen LogP contribution in [0.3, 0.4) is 0 Å². The predicted octanol–water partition coefficient (Wildman–Crippen LogP) is 3.76. The molecule has 0 amide bonds. The molecule has 0 aliphatic carbocycles. The van der Waals surface area contributed by atoms with Crippen molar-refractivity contribution in [2.75, 3.05) is 7.11 Å². The number of aliphatic hydroxyl groups excluding tert-OH is 1. The summed E-state index contributed by atoms with van der Waals surface area (Å²) in [4.78, 5) is 4.20. The summed E-state index contributed by atoms with van der Waals surface area (Å²) in [5, 5.41) is 12.7. The normalized spacial score (nSPS) is 12.5. The maximum absolute atomic E-state index is 10.2. The fourth-order valence-corrected chi connectivity index (χ4v) is 3.22. The Morgan fingerprint density at radius 3 is 2.71 bits per heavy atom. The molecule has 2 aromatic rings. The zero-order chi connectivity index (χ0) is 12.4. The second kappa shape index (κ2) is 5.48. The first-order chi connectivity index (χ1) is 8.11. The largest absolute Gasteiger partial charge is 0.496 e. The number of halogens is 2. The third kappa shape index (κ3) is 2.88. The van der Waals surface area contributed by atoms with E-state index in [0.717, 1.165) is 20.4 Å². The number of rotatable bonds is 3.